The Morgan fingerprint density at radius 2 is 1.39 bits per heavy atom. The zero-order valence-electron chi connectivity index (χ0n) is 32.5. The van der Waals surface area contributed by atoms with E-state index in [1.807, 2.05) is 79.9 Å². The Labute approximate surface area is 356 Å². The topological polar surface area (TPSA) is 146 Å². The van der Waals surface area contributed by atoms with Gasteiger partial charge in [-0.25, -0.2) is 24.9 Å². The third kappa shape index (κ3) is 7.17. The van der Waals surface area contributed by atoms with E-state index in [0.717, 1.165) is 82.1 Å². The number of anilines is 4. The number of nitrogens with zero attached hydrogens (tertiary/aromatic N) is 7. The van der Waals surface area contributed by atoms with E-state index in [1.165, 1.54) is 15.6 Å². The molecule has 13 heteroatoms. The molecular weight excluding hydrogens is 795 g/mol. The highest BCUT2D eigenvalue weighted by Crippen LogP contribution is 2.36. The molecule has 0 aliphatic heterocycles. The molecule has 0 fully saturated rings. The molecule has 11 nitrogen and oxygen atoms in total. The molecule has 292 valence electrons. The summed E-state index contributed by atoms with van der Waals surface area (Å²) in [6, 6.07) is 47.3. The van der Waals surface area contributed by atoms with E-state index in [0.29, 0.717) is 17.3 Å². The lowest BCUT2D eigenvalue weighted by molar-refractivity contribution is 1.07. The van der Waals surface area contributed by atoms with Crippen LogP contribution in [0.1, 0.15) is 5.69 Å². The zero-order chi connectivity index (χ0) is 40.7. The maximum atomic E-state index is 4.93. The first kappa shape index (κ1) is 36.2. The van der Waals surface area contributed by atoms with Crippen molar-refractivity contribution in [2.24, 2.45) is 0 Å². The number of aryl methyl sites for hydroxylation is 1. The van der Waals surface area contributed by atoms with Crippen molar-refractivity contribution in [2.75, 3.05) is 10.6 Å². The standard InChI is InChI=1S/C26H19N5S.C22H14N6S/c1-16-21-15-20(10-11-22(21)31-30-16)27-26-24-23(12-13-32-24)28-25(29-26)19-9-5-8-18(14-19)17-6-3-2-4-7-17;1-2-6-18-13(4-1)11-19(29-18)22-26-20-16(5-3-9-23-20)21(27-22)25-15-7-8-17-14(10-15)12-24-28-17/h2-15H,1H3,(H,30,31)(H,27,28,29);1-12H,(H,24,28)(H,23,25,26,27). The van der Waals surface area contributed by atoms with Crippen LogP contribution in [0, 0.1) is 6.92 Å². The van der Waals surface area contributed by atoms with Crippen LogP contribution in [-0.4, -0.2) is 45.3 Å². The highest BCUT2D eigenvalue weighted by molar-refractivity contribution is 7.22. The number of benzene rings is 5. The Bertz CT molecular complexity index is 3500. The summed E-state index contributed by atoms with van der Waals surface area (Å²) in [7, 11) is 0. The molecular formula is C48H33N11S2. The Kier molecular flexibility index (Phi) is 9.13. The van der Waals surface area contributed by atoms with Crippen LogP contribution in [-0.2, 0) is 0 Å². The second-order valence-electron chi connectivity index (χ2n) is 14.4. The first-order chi connectivity index (χ1) is 30.1. The summed E-state index contributed by atoms with van der Waals surface area (Å²) in [5.41, 5.74) is 9.82. The van der Waals surface area contributed by atoms with Gasteiger partial charge in [-0.15, -0.1) is 22.7 Å². The molecule has 0 saturated heterocycles. The van der Waals surface area contributed by atoms with Crippen molar-refractivity contribution in [1.82, 2.24) is 45.3 Å². The summed E-state index contributed by atoms with van der Waals surface area (Å²) in [6.45, 7) is 2.03. The lowest BCUT2D eigenvalue weighted by atomic mass is 10.0. The molecule has 5 aromatic carbocycles. The van der Waals surface area contributed by atoms with Crippen LogP contribution < -0.4 is 10.6 Å². The summed E-state index contributed by atoms with van der Waals surface area (Å²) < 4.78 is 2.25. The number of fused-ring (bicyclic) bond motifs is 5. The minimum Gasteiger partial charge on any atom is -0.340 e. The fourth-order valence-corrected chi connectivity index (χ4v) is 9.09. The van der Waals surface area contributed by atoms with E-state index < -0.39 is 0 Å². The molecule has 0 spiro atoms. The van der Waals surface area contributed by atoms with Crippen LogP contribution in [0.5, 0.6) is 0 Å². The molecule has 12 aromatic rings. The molecule has 0 saturated carbocycles. The van der Waals surface area contributed by atoms with Gasteiger partial charge >= 0.3 is 0 Å². The molecule has 61 heavy (non-hydrogen) atoms. The number of hydrogen-bond donors (Lipinski definition) is 4. The van der Waals surface area contributed by atoms with Gasteiger partial charge in [-0.3, -0.25) is 10.2 Å². The average Bonchev–Trinajstić information content (AvgIpc) is 4.14. The van der Waals surface area contributed by atoms with E-state index in [9.17, 15) is 0 Å². The maximum Gasteiger partial charge on any atom is 0.173 e. The molecule has 4 N–H and O–H groups in total. The van der Waals surface area contributed by atoms with Gasteiger partial charge in [-0.1, -0.05) is 66.7 Å². The van der Waals surface area contributed by atoms with Crippen LogP contribution in [0.4, 0.5) is 23.0 Å². The van der Waals surface area contributed by atoms with Gasteiger partial charge < -0.3 is 10.6 Å². The van der Waals surface area contributed by atoms with Crippen molar-refractivity contribution in [3.05, 3.63) is 163 Å². The van der Waals surface area contributed by atoms with Crippen molar-refractivity contribution < 1.29 is 0 Å². The Hall–Kier alpha value is -7.87. The SMILES string of the molecule is Cc1[nH]nc2ccc(Nc3nc(-c4cccc(-c5ccccc5)c4)nc4ccsc34)cc12.c1ccc2sc(-c3nc(Nc4ccc5[nH]ncc5c4)c4cccnc4n3)cc2c1. The average molecular weight is 828 g/mol. The molecule has 0 aliphatic carbocycles. The van der Waals surface area contributed by atoms with Crippen molar-refractivity contribution in [1.29, 1.82) is 0 Å². The van der Waals surface area contributed by atoms with Gasteiger partial charge in [-0.05, 0) is 102 Å². The fourth-order valence-electron chi connectivity index (χ4n) is 7.32. The Balaban J connectivity index is 0.000000138. The molecule has 0 radical (unpaired) electrons. The summed E-state index contributed by atoms with van der Waals surface area (Å²) in [5, 5.41) is 27.6. The van der Waals surface area contributed by atoms with E-state index in [1.54, 1.807) is 28.9 Å². The van der Waals surface area contributed by atoms with E-state index in [4.69, 9.17) is 19.9 Å². The molecule has 0 amide bonds. The lowest BCUT2D eigenvalue weighted by Gasteiger charge is -2.10. The van der Waals surface area contributed by atoms with Gasteiger partial charge in [0.15, 0.2) is 23.1 Å². The van der Waals surface area contributed by atoms with Crippen molar-refractivity contribution in [3.63, 3.8) is 0 Å². The van der Waals surface area contributed by atoms with Crippen molar-refractivity contribution >= 4 is 98.8 Å². The third-order valence-electron chi connectivity index (χ3n) is 10.4. The largest absolute Gasteiger partial charge is 0.340 e. The van der Waals surface area contributed by atoms with Crippen LogP contribution in [0.15, 0.2) is 157 Å². The predicted octanol–water partition coefficient (Wildman–Crippen LogP) is 12.5. The molecule has 0 atom stereocenters. The fraction of sp³-hybridized carbons (Fsp3) is 0.0208. The highest BCUT2D eigenvalue weighted by Gasteiger charge is 2.15. The van der Waals surface area contributed by atoms with Crippen LogP contribution in [0.25, 0.3) is 86.4 Å². The van der Waals surface area contributed by atoms with E-state index in [2.05, 4.69) is 114 Å². The number of aromatic nitrogens is 9. The summed E-state index contributed by atoms with van der Waals surface area (Å²) in [6.07, 6.45) is 3.56. The molecule has 7 aromatic heterocycles. The van der Waals surface area contributed by atoms with Crippen LogP contribution in [0.2, 0.25) is 0 Å². The van der Waals surface area contributed by atoms with Gasteiger partial charge in [0.05, 0.1) is 37.7 Å². The first-order valence-corrected chi connectivity index (χ1v) is 21.2. The number of pyridine rings is 1. The van der Waals surface area contributed by atoms with Gasteiger partial charge in [-0.2, -0.15) is 10.2 Å². The van der Waals surface area contributed by atoms with Gasteiger partial charge in [0.2, 0.25) is 0 Å². The van der Waals surface area contributed by atoms with Crippen LogP contribution >= 0.6 is 22.7 Å². The number of thiophene rings is 2. The molecule has 0 unspecified atom stereocenters. The number of aromatic amines is 2. The minimum absolute atomic E-state index is 0.668. The smallest absolute Gasteiger partial charge is 0.173 e. The van der Waals surface area contributed by atoms with E-state index >= 15 is 0 Å². The summed E-state index contributed by atoms with van der Waals surface area (Å²) in [5.74, 6) is 2.92. The predicted molar refractivity (Wildman–Crippen MR) is 250 cm³/mol. The zero-order valence-corrected chi connectivity index (χ0v) is 34.1. The number of hydrogen-bond acceptors (Lipinski definition) is 11. The number of H-pyrrole nitrogens is 2. The molecule has 0 bridgehead atoms. The van der Waals surface area contributed by atoms with Gasteiger partial charge in [0.25, 0.3) is 0 Å². The summed E-state index contributed by atoms with van der Waals surface area (Å²) in [4.78, 5) is 24.8. The van der Waals surface area contributed by atoms with Gasteiger partial charge in [0, 0.05) is 44.3 Å². The quantitative estimate of drug-likeness (QED) is 0.123. The Morgan fingerprint density at radius 1 is 0.574 bits per heavy atom. The first-order valence-electron chi connectivity index (χ1n) is 19.5. The lowest BCUT2D eigenvalue weighted by Crippen LogP contribution is -1.99. The third-order valence-corrected chi connectivity index (χ3v) is 12.4. The van der Waals surface area contributed by atoms with E-state index in [-0.39, 0.29) is 0 Å². The number of nitrogens with one attached hydrogen (secondary N) is 4. The van der Waals surface area contributed by atoms with Crippen molar-refractivity contribution in [3.8, 4) is 33.2 Å². The normalized spacial score (nSPS) is 11.4. The molecule has 7 heterocycles. The Morgan fingerprint density at radius 3 is 2.33 bits per heavy atom. The van der Waals surface area contributed by atoms with Crippen molar-refractivity contribution in [2.45, 2.75) is 6.92 Å². The second-order valence-corrected chi connectivity index (χ2v) is 16.4. The highest BCUT2D eigenvalue weighted by atomic mass is 32.1. The maximum absolute atomic E-state index is 4.93. The molecule has 12 rings (SSSR count). The summed E-state index contributed by atoms with van der Waals surface area (Å²) >= 11 is 3.32. The second kappa shape index (κ2) is 15.4. The number of rotatable bonds is 7. The van der Waals surface area contributed by atoms with Gasteiger partial charge in [0.1, 0.15) is 5.82 Å². The minimum atomic E-state index is 0.668. The monoisotopic (exact) mass is 827 g/mol. The molecule has 0 aliphatic rings. The van der Waals surface area contributed by atoms with Crippen LogP contribution in [0.3, 0.4) is 0 Å².